The predicted octanol–water partition coefficient (Wildman–Crippen LogP) is 7.15. The SMILES string of the molecule is C/C=C(\C=O)OC1CCCC2=C1NCC=C2.CC#[N+]CC.CCC.Cc1cccc(C)c1. The Morgan fingerprint density at radius 2 is 1.91 bits per heavy atom. The molecule has 0 saturated heterocycles. The van der Waals surface area contributed by atoms with Gasteiger partial charge in [-0.1, -0.05) is 72.7 Å². The van der Waals surface area contributed by atoms with Gasteiger partial charge in [0.05, 0.1) is 12.6 Å². The van der Waals surface area contributed by atoms with Crippen LogP contribution in [0.4, 0.5) is 0 Å². The predicted molar refractivity (Wildman–Crippen MR) is 138 cm³/mol. The van der Waals surface area contributed by atoms with Crippen LogP contribution in [0.1, 0.15) is 71.4 Å². The van der Waals surface area contributed by atoms with Gasteiger partial charge in [0.2, 0.25) is 0 Å². The van der Waals surface area contributed by atoms with Gasteiger partial charge in [-0.25, -0.2) is 0 Å². The summed E-state index contributed by atoms with van der Waals surface area (Å²) in [6, 6.07) is 11.1. The number of aryl methyl sites for hydroxylation is 2. The molecule has 1 aliphatic carbocycles. The van der Waals surface area contributed by atoms with E-state index < -0.39 is 0 Å². The minimum atomic E-state index is 0.0186. The van der Waals surface area contributed by atoms with Gasteiger partial charge in [-0.3, -0.25) is 4.79 Å². The standard InChI is InChI=1S/C13H17NO2.C8H10.C4H8N.C3H8/c1-2-11(9-15)16-12-7-3-5-10-6-4-8-14-13(10)12;1-7-4-3-5-8(2)6-7;1-3-5-4-2;1-3-2/h2,4,6,9,12,14H,3,5,7-8H2,1H3;3-6H,1-2H3;3H2,1-2H3;3H2,1-2H3/q;;+1;/b11-2+;;;. The highest BCUT2D eigenvalue weighted by molar-refractivity contribution is 5.70. The van der Waals surface area contributed by atoms with Crippen molar-refractivity contribution in [2.24, 2.45) is 0 Å². The average molecular weight is 440 g/mol. The van der Waals surface area contributed by atoms with Crippen molar-refractivity contribution < 1.29 is 9.53 Å². The first-order valence-electron chi connectivity index (χ1n) is 11.7. The van der Waals surface area contributed by atoms with Gasteiger partial charge in [0, 0.05) is 13.5 Å². The molecule has 1 N–H and O–H groups in total. The highest BCUT2D eigenvalue weighted by atomic mass is 16.5. The second-order valence-corrected chi connectivity index (χ2v) is 7.59. The molecule has 0 fully saturated rings. The molecule has 2 aliphatic rings. The maximum atomic E-state index is 10.7. The smallest absolute Gasteiger partial charge is 0.269 e. The number of aldehydes is 1. The molecule has 1 atom stereocenters. The van der Waals surface area contributed by atoms with Crippen LogP contribution < -0.4 is 5.32 Å². The molecule has 0 saturated carbocycles. The molecule has 1 aromatic rings. The summed E-state index contributed by atoms with van der Waals surface area (Å²) in [7, 11) is 0. The van der Waals surface area contributed by atoms with E-state index >= 15 is 0 Å². The maximum Gasteiger partial charge on any atom is 0.269 e. The van der Waals surface area contributed by atoms with Crippen molar-refractivity contribution in [2.75, 3.05) is 13.1 Å². The van der Waals surface area contributed by atoms with Crippen molar-refractivity contribution in [1.82, 2.24) is 5.32 Å². The molecule has 4 nitrogen and oxygen atoms in total. The summed E-state index contributed by atoms with van der Waals surface area (Å²) in [6.07, 6.45) is 11.2. The van der Waals surface area contributed by atoms with E-state index in [0.29, 0.717) is 5.76 Å². The number of benzene rings is 1. The lowest BCUT2D eigenvalue weighted by molar-refractivity contribution is -0.108. The third-order valence-electron chi connectivity index (χ3n) is 4.48. The van der Waals surface area contributed by atoms with E-state index in [1.54, 1.807) is 13.0 Å². The number of nitrogens with zero attached hydrogens (tertiary/aromatic N) is 1. The lowest BCUT2D eigenvalue weighted by Gasteiger charge is -2.30. The molecule has 1 heterocycles. The van der Waals surface area contributed by atoms with Gasteiger partial charge in [-0.15, -0.1) is 0 Å². The minimum Gasteiger partial charge on any atom is -0.481 e. The molecule has 4 heteroatoms. The number of rotatable bonds is 3. The Kier molecular flexibility index (Phi) is 17.3. The number of ether oxygens (including phenoxy) is 1. The van der Waals surface area contributed by atoms with Gasteiger partial charge in [0.15, 0.2) is 12.0 Å². The Bertz CT molecular complexity index is 793. The molecule has 1 aliphatic heterocycles. The molecule has 0 radical (unpaired) electrons. The van der Waals surface area contributed by atoms with Crippen molar-refractivity contribution in [3.05, 3.63) is 75.5 Å². The second kappa shape index (κ2) is 18.9. The zero-order valence-corrected chi connectivity index (χ0v) is 21.2. The van der Waals surface area contributed by atoms with Gasteiger partial charge in [0.1, 0.15) is 6.10 Å². The summed E-state index contributed by atoms with van der Waals surface area (Å²) in [6.45, 7) is 15.8. The lowest BCUT2D eigenvalue weighted by Crippen LogP contribution is -2.32. The van der Waals surface area contributed by atoms with Crippen LogP contribution in [0.5, 0.6) is 0 Å². The van der Waals surface area contributed by atoms with Crippen LogP contribution in [0.15, 0.2) is 59.5 Å². The molecule has 3 rings (SSSR count). The number of hydrogen-bond acceptors (Lipinski definition) is 3. The number of carbonyl (C=O) groups excluding carboxylic acids is 1. The Morgan fingerprint density at radius 3 is 2.34 bits per heavy atom. The summed E-state index contributed by atoms with van der Waals surface area (Å²) < 4.78 is 5.70. The fraction of sp³-hybridized carbons (Fsp3) is 0.500. The Hall–Kier alpha value is -2.80. The Labute approximate surface area is 196 Å². The molecule has 176 valence electrons. The summed E-state index contributed by atoms with van der Waals surface area (Å²) in [5, 5.41) is 3.35. The molecule has 0 aromatic heterocycles. The summed E-state index contributed by atoms with van der Waals surface area (Å²) >= 11 is 0. The molecule has 0 spiro atoms. The number of nitrogens with one attached hydrogen (secondary N) is 1. The Balaban J connectivity index is 0.000000500. The molecule has 1 unspecified atom stereocenters. The number of allylic oxidation sites excluding steroid dienone is 4. The first kappa shape index (κ1) is 29.2. The number of carbonyl (C=O) groups is 1. The highest BCUT2D eigenvalue weighted by Crippen LogP contribution is 2.29. The van der Waals surface area contributed by atoms with Crippen LogP contribution in [0.2, 0.25) is 0 Å². The van der Waals surface area contributed by atoms with Crippen LogP contribution in [-0.2, 0) is 9.53 Å². The second-order valence-electron chi connectivity index (χ2n) is 7.59. The van der Waals surface area contributed by atoms with Crippen LogP contribution in [-0.4, -0.2) is 25.5 Å². The highest BCUT2D eigenvalue weighted by Gasteiger charge is 2.25. The quantitative estimate of drug-likeness (QED) is 0.309. The first-order chi connectivity index (χ1) is 15.5. The largest absolute Gasteiger partial charge is 0.481 e. The van der Waals surface area contributed by atoms with E-state index in [9.17, 15) is 4.79 Å². The molecule has 0 amide bonds. The zero-order valence-electron chi connectivity index (χ0n) is 21.2. The molecule has 1 aromatic carbocycles. The van der Waals surface area contributed by atoms with Gasteiger partial charge >= 0.3 is 0 Å². The van der Waals surface area contributed by atoms with Gasteiger partial charge in [-0.2, -0.15) is 0 Å². The average Bonchev–Trinajstić information content (AvgIpc) is 2.79. The number of dihydropyridines is 1. The monoisotopic (exact) mass is 439 g/mol. The van der Waals surface area contributed by atoms with Crippen LogP contribution in [0.25, 0.3) is 4.85 Å². The molecular formula is C28H43N2O2+. The molecule has 0 bridgehead atoms. The van der Waals surface area contributed by atoms with E-state index in [1.165, 1.54) is 23.1 Å². The maximum absolute atomic E-state index is 10.7. The summed E-state index contributed by atoms with van der Waals surface area (Å²) in [5.74, 6) is 0.426. The normalized spacial score (nSPS) is 16.1. The summed E-state index contributed by atoms with van der Waals surface area (Å²) in [4.78, 5) is 14.4. The van der Waals surface area contributed by atoms with E-state index in [-0.39, 0.29) is 6.10 Å². The minimum absolute atomic E-state index is 0.0186. The van der Waals surface area contributed by atoms with E-state index in [4.69, 9.17) is 4.74 Å². The van der Waals surface area contributed by atoms with Crippen molar-refractivity contribution in [3.63, 3.8) is 0 Å². The first-order valence-corrected chi connectivity index (χ1v) is 11.7. The van der Waals surface area contributed by atoms with Gasteiger partial charge < -0.3 is 10.1 Å². The van der Waals surface area contributed by atoms with Crippen LogP contribution in [0.3, 0.4) is 0 Å². The van der Waals surface area contributed by atoms with E-state index in [1.807, 2.05) is 13.8 Å². The topological polar surface area (TPSA) is 42.7 Å². The van der Waals surface area contributed by atoms with Crippen molar-refractivity contribution in [1.29, 1.82) is 0 Å². The summed E-state index contributed by atoms with van der Waals surface area (Å²) in [5.41, 5.74) is 5.16. The Morgan fingerprint density at radius 1 is 1.25 bits per heavy atom. The van der Waals surface area contributed by atoms with Crippen molar-refractivity contribution in [3.8, 4) is 6.07 Å². The van der Waals surface area contributed by atoms with E-state index in [2.05, 4.69) is 80.3 Å². The molecule has 32 heavy (non-hydrogen) atoms. The lowest BCUT2D eigenvalue weighted by atomic mass is 9.92. The van der Waals surface area contributed by atoms with Crippen molar-refractivity contribution >= 4 is 6.29 Å². The van der Waals surface area contributed by atoms with Crippen LogP contribution in [0, 0.1) is 19.9 Å². The zero-order chi connectivity index (χ0) is 24.2. The van der Waals surface area contributed by atoms with Gasteiger partial charge in [0.25, 0.3) is 12.6 Å². The van der Waals surface area contributed by atoms with Gasteiger partial charge in [-0.05, 0) is 51.7 Å². The third-order valence-corrected chi connectivity index (χ3v) is 4.48. The third kappa shape index (κ3) is 12.8. The number of hydrogen-bond donors (Lipinski definition) is 1. The fourth-order valence-electron chi connectivity index (χ4n) is 3.15. The van der Waals surface area contributed by atoms with E-state index in [0.717, 1.165) is 44.3 Å². The molecular weight excluding hydrogens is 396 g/mol. The fourth-order valence-corrected chi connectivity index (χ4v) is 3.15. The van der Waals surface area contributed by atoms with Crippen LogP contribution >= 0.6 is 0 Å². The van der Waals surface area contributed by atoms with Crippen molar-refractivity contribution in [2.45, 2.75) is 80.3 Å².